The molecule has 0 saturated heterocycles. The van der Waals surface area contributed by atoms with Crippen LogP contribution in [0.5, 0.6) is 0 Å². The second-order valence-electron chi connectivity index (χ2n) is 4.90. The third-order valence-electron chi connectivity index (χ3n) is 2.76. The van der Waals surface area contributed by atoms with E-state index in [9.17, 15) is 0 Å². The third kappa shape index (κ3) is 10.0. The van der Waals surface area contributed by atoms with Crippen molar-refractivity contribution < 1.29 is 17.0 Å². The maximum atomic E-state index is 4.89. The van der Waals surface area contributed by atoms with E-state index in [1.54, 1.807) is 20.3 Å². The van der Waals surface area contributed by atoms with Gasteiger partial charge in [-0.05, 0) is 32.9 Å². The molecule has 0 fully saturated rings. The number of hydrogen-bond acceptors (Lipinski definition) is 1. The first-order chi connectivity index (χ1) is 11.0. The molecule has 1 aromatic heterocycles. The van der Waals surface area contributed by atoms with Gasteiger partial charge in [-0.25, -0.2) is 0 Å². The van der Waals surface area contributed by atoms with E-state index in [1.165, 1.54) is 16.7 Å². The van der Waals surface area contributed by atoms with Crippen molar-refractivity contribution in [3.63, 3.8) is 0 Å². The summed E-state index contributed by atoms with van der Waals surface area (Å²) in [5.74, 6) is 0. The Labute approximate surface area is 156 Å². The first-order valence-electron chi connectivity index (χ1n) is 7.09. The Morgan fingerprint density at radius 3 is 2.00 bits per heavy atom. The van der Waals surface area contributed by atoms with E-state index in [2.05, 4.69) is 48.5 Å². The zero-order valence-corrected chi connectivity index (χ0v) is 17.3. The van der Waals surface area contributed by atoms with Gasteiger partial charge in [-0.1, -0.05) is 41.4 Å². The Morgan fingerprint density at radius 2 is 1.57 bits per heavy atom. The van der Waals surface area contributed by atoms with Crippen molar-refractivity contribution >= 4 is 24.3 Å². The molecule has 0 radical (unpaired) electrons. The summed E-state index contributed by atoms with van der Waals surface area (Å²) in [5.41, 5.74) is 5.86. The summed E-state index contributed by atoms with van der Waals surface area (Å²) in [6.45, 7) is 6.97. The average Bonchev–Trinajstić information content (AvgIpc) is 2.49. The van der Waals surface area contributed by atoms with Crippen molar-refractivity contribution in [3.8, 4) is 0 Å². The summed E-state index contributed by atoms with van der Waals surface area (Å²) in [7, 11) is 13.3. The number of nitrogens with zero attached hydrogens (tertiary/aromatic N) is 3. The van der Waals surface area contributed by atoms with Crippen LogP contribution in [-0.2, 0) is 23.6 Å². The van der Waals surface area contributed by atoms with Gasteiger partial charge in [-0.15, -0.1) is 5.69 Å². The minimum absolute atomic E-state index is 0.556. The predicted molar refractivity (Wildman–Crippen MR) is 98.5 cm³/mol. The topological polar surface area (TPSA) is 41.1 Å². The molecule has 6 heteroatoms. The van der Waals surface area contributed by atoms with Gasteiger partial charge in [0.05, 0.1) is 0 Å². The second-order valence-corrected chi connectivity index (χ2v) is 7.48. The molecular weight excluding hydrogens is 365 g/mol. The molecule has 0 amide bonds. The van der Waals surface area contributed by atoms with Gasteiger partial charge in [-0.3, -0.25) is 4.98 Å². The van der Waals surface area contributed by atoms with Crippen molar-refractivity contribution in [1.29, 1.82) is 0 Å². The van der Waals surface area contributed by atoms with E-state index in [1.807, 2.05) is 18.2 Å². The van der Waals surface area contributed by atoms with Crippen LogP contribution in [0.25, 0.3) is 10.6 Å². The molecule has 1 aromatic carbocycles. The summed E-state index contributed by atoms with van der Waals surface area (Å²) in [6, 6.07) is 10.3. The SMILES string of the molecule is C[N-]C.Cc1cc(C)c([N-]Cc2ccccn2)c(C)c1.[Cl][Ti][Cl]. The molecule has 0 bridgehead atoms. The van der Waals surface area contributed by atoms with Crippen molar-refractivity contribution in [1.82, 2.24) is 4.98 Å². The molecule has 126 valence electrons. The van der Waals surface area contributed by atoms with Gasteiger partial charge in [-0.2, -0.15) is 14.1 Å². The Balaban J connectivity index is 0.000000704. The van der Waals surface area contributed by atoms with Gasteiger partial charge in [0.2, 0.25) is 0 Å². The molecule has 0 saturated carbocycles. The van der Waals surface area contributed by atoms with E-state index in [-0.39, 0.29) is 0 Å². The van der Waals surface area contributed by atoms with Gasteiger partial charge in [0, 0.05) is 11.9 Å². The zero-order valence-electron chi connectivity index (χ0n) is 14.3. The molecule has 0 aliphatic heterocycles. The molecule has 0 spiro atoms. The molecule has 0 unspecified atom stereocenters. The summed E-state index contributed by atoms with van der Waals surface area (Å²) >= 11 is -0.556. The standard InChI is InChI=1S/C15H17N2.C2H6N.2ClH.Ti/c1-11-8-12(2)15(13(3)9-11)17-10-14-6-4-5-7-16-14;1-3-2;;;/h4-9H,10H2,1-3H3;1-2H3;2*1H;/q2*-1;;;+2/p-2. The van der Waals surface area contributed by atoms with Crippen molar-refractivity contribution in [2.45, 2.75) is 27.3 Å². The molecule has 0 atom stereocenters. The van der Waals surface area contributed by atoms with Gasteiger partial charge >= 0.3 is 35.6 Å². The number of aromatic nitrogens is 1. The fourth-order valence-corrected chi connectivity index (χ4v) is 2.07. The van der Waals surface area contributed by atoms with E-state index < -0.39 is 17.0 Å². The quantitative estimate of drug-likeness (QED) is 0.577. The Kier molecular flexibility index (Phi) is 13.5. The average molecular weight is 388 g/mol. The van der Waals surface area contributed by atoms with E-state index in [0.29, 0.717) is 6.54 Å². The molecule has 0 N–H and O–H groups in total. The van der Waals surface area contributed by atoms with Crippen LogP contribution in [0.4, 0.5) is 5.69 Å². The molecule has 2 rings (SSSR count). The van der Waals surface area contributed by atoms with Crippen molar-refractivity contribution in [2.75, 3.05) is 14.1 Å². The van der Waals surface area contributed by atoms with Crippen LogP contribution in [0.3, 0.4) is 0 Å². The van der Waals surface area contributed by atoms with Gasteiger partial charge in [0.15, 0.2) is 0 Å². The fraction of sp³-hybridized carbons (Fsp3) is 0.353. The molecule has 0 aliphatic carbocycles. The molecule has 2 aromatic rings. The van der Waals surface area contributed by atoms with Crippen LogP contribution in [-0.4, -0.2) is 19.1 Å². The fourth-order valence-electron chi connectivity index (χ4n) is 2.07. The van der Waals surface area contributed by atoms with Gasteiger partial charge < -0.3 is 10.6 Å². The van der Waals surface area contributed by atoms with E-state index in [0.717, 1.165) is 11.4 Å². The molecular formula is C17H23Cl2N3Ti-2. The summed E-state index contributed by atoms with van der Waals surface area (Å²) in [6.07, 6.45) is 1.81. The number of benzene rings is 1. The molecule has 3 nitrogen and oxygen atoms in total. The first kappa shape index (κ1) is 22.4. The Hall–Kier alpha value is -0.576. The van der Waals surface area contributed by atoms with Crippen molar-refractivity contribution in [3.05, 3.63) is 69.5 Å². The summed E-state index contributed by atoms with van der Waals surface area (Å²) in [4.78, 5) is 4.28. The number of halogens is 2. The van der Waals surface area contributed by atoms with Crippen LogP contribution in [0, 0.1) is 20.8 Å². The van der Waals surface area contributed by atoms with Gasteiger partial charge in [0.25, 0.3) is 0 Å². The van der Waals surface area contributed by atoms with Crippen LogP contribution in [0.2, 0.25) is 0 Å². The normalized spacial score (nSPS) is 9.00. The summed E-state index contributed by atoms with van der Waals surface area (Å²) in [5, 5.41) is 8.15. The summed E-state index contributed by atoms with van der Waals surface area (Å²) < 4.78 is 0. The van der Waals surface area contributed by atoms with Crippen molar-refractivity contribution in [2.24, 2.45) is 0 Å². The Bertz CT molecular complexity index is 526. The molecule has 0 aliphatic rings. The maximum absolute atomic E-state index is 4.89. The first-order valence-corrected chi connectivity index (χ1v) is 11.4. The molecule has 1 heterocycles. The number of aryl methyl sites for hydroxylation is 3. The zero-order chi connectivity index (χ0) is 17.7. The minimum atomic E-state index is -0.556. The van der Waals surface area contributed by atoms with Crippen LogP contribution < -0.4 is 0 Å². The van der Waals surface area contributed by atoms with Crippen LogP contribution >= 0.6 is 18.6 Å². The monoisotopic (exact) mass is 387 g/mol. The van der Waals surface area contributed by atoms with Crippen LogP contribution in [0.15, 0.2) is 36.5 Å². The molecule has 23 heavy (non-hydrogen) atoms. The number of hydrogen-bond donors (Lipinski definition) is 0. The number of pyridine rings is 1. The van der Waals surface area contributed by atoms with E-state index >= 15 is 0 Å². The Morgan fingerprint density at radius 1 is 1.04 bits per heavy atom. The van der Waals surface area contributed by atoms with Gasteiger partial charge in [0.1, 0.15) is 0 Å². The second kappa shape index (κ2) is 13.8. The third-order valence-corrected chi connectivity index (χ3v) is 2.76. The number of rotatable bonds is 3. The van der Waals surface area contributed by atoms with Crippen LogP contribution in [0.1, 0.15) is 22.4 Å². The van der Waals surface area contributed by atoms with E-state index in [4.69, 9.17) is 18.6 Å². The predicted octanol–water partition coefficient (Wildman–Crippen LogP) is 6.21.